The number of nitriles is 1. The Kier molecular flexibility index (Phi) is 4.93. The lowest BCUT2D eigenvalue weighted by Gasteiger charge is -2.27. The Hall–Kier alpha value is -6.05. The van der Waals surface area contributed by atoms with E-state index in [1.807, 2.05) is 42.5 Å². The van der Waals surface area contributed by atoms with E-state index < -0.39 is 0 Å². The van der Waals surface area contributed by atoms with Crippen molar-refractivity contribution in [2.45, 2.75) is 0 Å². The summed E-state index contributed by atoms with van der Waals surface area (Å²) in [5.41, 5.74) is 6.74. The maximum atomic E-state index is 9.54. The van der Waals surface area contributed by atoms with Gasteiger partial charge in [0.2, 0.25) is 0 Å². The molecule has 9 aromatic rings. The Morgan fingerprint density at radius 2 is 1.19 bits per heavy atom. The SMILES string of the molecule is N#Cc1ccc(N(c2cc3oc4c5ccccc5ccc4c3c3ccccc23)c2cccc3c2oc2ccccc23)cc1. The van der Waals surface area contributed by atoms with Crippen molar-refractivity contribution in [2.75, 3.05) is 4.90 Å². The van der Waals surface area contributed by atoms with Gasteiger partial charge in [0.05, 0.1) is 23.0 Å². The molecular formula is C39H22N2O2. The summed E-state index contributed by atoms with van der Waals surface area (Å²) in [7, 11) is 0. The van der Waals surface area contributed by atoms with Crippen molar-refractivity contribution < 1.29 is 8.83 Å². The zero-order valence-corrected chi connectivity index (χ0v) is 22.9. The van der Waals surface area contributed by atoms with Gasteiger partial charge >= 0.3 is 0 Å². The Labute approximate surface area is 246 Å². The minimum atomic E-state index is 0.607. The van der Waals surface area contributed by atoms with Gasteiger partial charge in [-0.15, -0.1) is 0 Å². The maximum absolute atomic E-state index is 9.54. The second-order valence-corrected chi connectivity index (χ2v) is 10.8. The summed E-state index contributed by atoms with van der Waals surface area (Å²) in [6, 6.07) is 47.7. The van der Waals surface area contributed by atoms with Crippen molar-refractivity contribution in [2.24, 2.45) is 0 Å². The van der Waals surface area contributed by atoms with Crippen molar-refractivity contribution in [1.82, 2.24) is 0 Å². The third-order valence-electron chi connectivity index (χ3n) is 8.47. The van der Waals surface area contributed by atoms with Crippen LogP contribution in [0.2, 0.25) is 0 Å². The van der Waals surface area contributed by atoms with Gasteiger partial charge in [0, 0.05) is 44.1 Å². The Morgan fingerprint density at radius 1 is 0.488 bits per heavy atom. The highest BCUT2D eigenvalue weighted by atomic mass is 16.3. The van der Waals surface area contributed by atoms with E-state index in [9.17, 15) is 5.26 Å². The Bertz CT molecular complexity index is 2580. The van der Waals surface area contributed by atoms with E-state index in [-0.39, 0.29) is 0 Å². The average Bonchev–Trinajstić information content (AvgIpc) is 3.64. The third-order valence-corrected chi connectivity index (χ3v) is 8.47. The first-order valence-corrected chi connectivity index (χ1v) is 14.2. The molecule has 0 spiro atoms. The fraction of sp³-hybridized carbons (Fsp3) is 0. The molecule has 0 fully saturated rings. The van der Waals surface area contributed by atoms with Crippen LogP contribution in [-0.4, -0.2) is 0 Å². The second kappa shape index (κ2) is 8.97. The lowest BCUT2D eigenvalue weighted by Crippen LogP contribution is -2.11. The third kappa shape index (κ3) is 3.43. The molecule has 0 radical (unpaired) electrons. The molecule has 0 saturated carbocycles. The van der Waals surface area contributed by atoms with Crippen LogP contribution in [0, 0.1) is 11.3 Å². The van der Waals surface area contributed by atoms with Crippen molar-refractivity contribution in [3.05, 3.63) is 139 Å². The zero-order valence-electron chi connectivity index (χ0n) is 22.9. The Balaban J connectivity index is 1.41. The Morgan fingerprint density at radius 3 is 2.02 bits per heavy atom. The van der Waals surface area contributed by atoms with Gasteiger partial charge in [0.25, 0.3) is 0 Å². The molecule has 0 N–H and O–H groups in total. The molecule has 0 saturated heterocycles. The molecule has 200 valence electrons. The molecule has 2 aromatic heterocycles. The molecule has 0 amide bonds. The molecule has 4 heteroatoms. The molecule has 0 aliphatic rings. The molecule has 0 bridgehead atoms. The number of fused-ring (bicyclic) bond motifs is 10. The average molecular weight is 551 g/mol. The van der Waals surface area contributed by atoms with Gasteiger partial charge < -0.3 is 13.7 Å². The number of para-hydroxylation sites is 2. The first-order chi connectivity index (χ1) is 21.3. The van der Waals surface area contributed by atoms with Gasteiger partial charge in [-0.05, 0) is 53.2 Å². The number of hydrogen-bond donors (Lipinski definition) is 0. The van der Waals surface area contributed by atoms with E-state index in [2.05, 4.69) is 102 Å². The summed E-state index contributed by atoms with van der Waals surface area (Å²) < 4.78 is 13.2. The summed E-state index contributed by atoms with van der Waals surface area (Å²) in [4.78, 5) is 2.22. The molecule has 7 aromatic carbocycles. The van der Waals surface area contributed by atoms with Gasteiger partial charge in [-0.2, -0.15) is 5.26 Å². The first kappa shape index (κ1) is 23.6. The monoisotopic (exact) mass is 550 g/mol. The highest BCUT2D eigenvalue weighted by Gasteiger charge is 2.23. The van der Waals surface area contributed by atoms with E-state index in [4.69, 9.17) is 8.83 Å². The van der Waals surface area contributed by atoms with Gasteiger partial charge in [0.1, 0.15) is 16.7 Å². The summed E-state index contributed by atoms with van der Waals surface area (Å²) in [5, 5.41) is 18.3. The van der Waals surface area contributed by atoms with Crippen LogP contribution in [0.3, 0.4) is 0 Å². The van der Waals surface area contributed by atoms with Gasteiger partial charge in [-0.3, -0.25) is 0 Å². The lowest BCUT2D eigenvalue weighted by molar-refractivity contribution is 0.668. The zero-order chi connectivity index (χ0) is 28.5. The van der Waals surface area contributed by atoms with E-state index >= 15 is 0 Å². The standard InChI is InChI=1S/C39H22N2O2/c40-23-24-16-19-26(20-17-24)41(33-14-7-13-31-29-11-5-6-15-35(29)42-39(31)33)34-22-36-37(30-12-4-3-10-28(30)34)32-21-18-25-8-1-2-9-27(25)38(32)43-36/h1-22H. The van der Waals surface area contributed by atoms with Crippen LogP contribution in [0.5, 0.6) is 0 Å². The maximum Gasteiger partial charge on any atom is 0.159 e. The fourth-order valence-corrected chi connectivity index (χ4v) is 6.54. The fourth-order valence-electron chi connectivity index (χ4n) is 6.54. The topological polar surface area (TPSA) is 53.3 Å². The molecular weight excluding hydrogens is 528 g/mol. The molecule has 0 aliphatic carbocycles. The predicted molar refractivity (Wildman–Crippen MR) is 175 cm³/mol. The predicted octanol–water partition coefficient (Wildman–Crippen LogP) is 11.1. The smallest absolute Gasteiger partial charge is 0.159 e. The molecule has 9 rings (SSSR count). The van der Waals surface area contributed by atoms with Crippen molar-refractivity contribution in [3.63, 3.8) is 0 Å². The van der Waals surface area contributed by atoms with Crippen LogP contribution in [0.15, 0.2) is 142 Å². The van der Waals surface area contributed by atoms with E-state index in [1.165, 1.54) is 0 Å². The largest absolute Gasteiger partial charge is 0.455 e. The van der Waals surface area contributed by atoms with Crippen molar-refractivity contribution >= 4 is 82.5 Å². The van der Waals surface area contributed by atoms with Crippen LogP contribution in [-0.2, 0) is 0 Å². The highest BCUT2D eigenvalue weighted by Crippen LogP contribution is 2.47. The van der Waals surface area contributed by atoms with Crippen LogP contribution in [0.1, 0.15) is 5.56 Å². The number of anilines is 3. The van der Waals surface area contributed by atoms with Crippen LogP contribution < -0.4 is 4.90 Å². The number of hydrogen-bond acceptors (Lipinski definition) is 4. The van der Waals surface area contributed by atoms with Crippen molar-refractivity contribution in [1.29, 1.82) is 5.26 Å². The summed E-state index contributed by atoms with van der Waals surface area (Å²) >= 11 is 0. The van der Waals surface area contributed by atoms with E-state index in [0.29, 0.717) is 5.56 Å². The minimum absolute atomic E-state index is 0.607. The van der Waals surface area contributed by atoms with Gasteiger partial charge in [-0.1, -0.05) is 84.9 Å². The van der Waals surface area contributed by atoms with Crippen LogP contribution in [0.25, 0.3) is 65.4 Å². The van der Waals surface area contributed by atoms with Crippen LogP contribution in [0.4, 0.5) is 17.1 Å². The second-order valence-electron chi connectivity index (χ2n) is 10.8. The molecule has 4 nitrogen and oxygen atoms in total. The molecule has 0 atom stereocenters. The normalized spacial score (nSPS) is 11.7. The number of nitrogens with zero attached hydrogens (tertiary/aromatic N) is 2. The van der Waals surface area contributed by atoms with E-state index in [0.717, 1.165) is 82.5 Å². The van der Waals surface area contributed by atoms with E-state index in [1.54, 1.807) is 0 Å². The summed E-state index contributed by atoms with van der Waals surface area (Å²) in [6.07, 6.45) is 0. The van der Waals surface area contributed by atoms with Crippen molar-refractivity contribution in [3.8, 4) is 6.07 Å². The number of rotatable bonds is 3. The minimum Gasteiger partial charge on any atom is -0.455 e. The highest BCUT2D eigenvalue weighted by molar-refractivity contribution is 6.26. The first-order valence-electron chi connectivity index (χ1n) is 14.2. The lowest BCUT2D eigenvalue weighted by atomic mass is 9.99. The summed E-state index contributed by atoms with van der Waals surface area (Å²) in [5.74, 6) is 0. The molecule has 0 unspecified atom stereocenters. The van der Waals surface area contributed by atoms with Crippen LogP contribution >= 0.6 is 0 Å². The number of furan rings is 2. The number of benzene rings is 7. The van der Waals surface area contributed by atoms with Gasteiger partial charge in [0.15, 0.2) is 5.58 Å². The molecule has 43 heavy (non-hydrogen) atoms. The van der Waals surface area contributed by atoms with Gasteiger partial charge in [-0.25, -0.2) is 0 Å². The molecule has 0 aliphatic heterocycles. The molecule has 2 heterocycles. The summed E-state index contributed by atoms with van der Waals surface area (Å²) in [6.45, 7) is 0. The quantitative estimate of drug-likeness (QED) is 0.220.